The molecule has 0 atom stereocenters. The fraction of sp³-hybridized carbons (Fsp3) is 0.105. The van der Waals surface area contributed by atoms with E-state index in [1.54, 1.807) is 6.07 Å². The van der Waals surface area contributed by atoms with E-state index in [0.29, 0.717) is 11.4 Å². The smallest absolute Gasteiger partial charge is 0.376 e. The predicted molar refractivity (Wildman–Crippen MR) is 92.5 cm³/mol. The zero-order valence-corrected chi connectivity index (χ0v) is 13.1. The van der Waals surface area contributed by atoms with Gasteiger partial charge in [0.2, 0.25) is 5.91 Å². The number of amides is 1. The van der Waals surface area contributed by atoms with Crippen molar-refractivity contribution in [1.29, 1.82) is 0 Å². The molecular formula is C19H15F3N2O. The molecule has 128 valence electrons. The second-order valence-corrected chi connectivity index (χ2v) is 5.50. The molecule has 3 nitrogen and oxygen atoms in total. The molecule has 0 spiro atoms. The maximum atomic E-state index is 12.5. The van der Waals surface area contributed by atoms with Gasteiger partial charge in [0.05, 0.1) is 12.1 Å². The number of fused-ring (bicyclic) bond motifs is 1. The highest BCUT2D eigenvalue weighted by molar-refractivity contribution is 6.03. The Kier molecular flexibility index (Phi) is 4.61. The first-order valence-electron chi connectivity index (χ1n) is 7.62. The molecule has 0 aliphatic heterocycles. The van der Waals surface area contributed by atoms with Crippen molar-refractivity contribution in [3.8, 4) is 0 Å². The second kappa shape index (κ2) is 6.84. The number of anilines is 2. The molecule has 0 aliphatic rings. The van der Waals surface area contributed by atoms with Gasteiger partial charge in [0.1, 0.15) is 0 Å². The average molecular weight is 344 g/mol. The van der Waals surface area contributed by atoms with Crippen LogP contribution in [0.1, 0.15) is 5.56 Å². The lowest BCUT2D eigenvalue weighted by Crippen LogP contribution is -2.21. The van der Waals surface area contributed by atoms with E-state index in [2.05, 4.69) is 10.6 Å². The van der Waals surface area contributed by atoms with E-state index >= 15 is 0 Å². The van der Waals surface area contributed by atoms with Crippen molar-refractivity contribution in [3.05, 3.63) is 72.3 Å². The summed E-state index contributed by atoms with van der Waals surface area (Å²) in [7, 11) is 0. The summed E-state index contributed by atoms with van der Waals surface area (Å²) in [6, 6.07) is 17.8. The number of carbonyl (C=O) groups is 1. The van der Waals surface area contributed by atoms with Crippen molar-refractivity contribution in [3.63, 3.8) is 0 Å². The van der Waals surface area contributed by atoms with Crippen LogP contribution in [0.5, 0.6) is 0 Å². The van der Waals surface area contributed by atoms with E-state index in [4.69, 9.17) is 0 Å². The topological polar surface area (TPSA) is 41.1 Å². The summed E-state index contributed by atoms with van der Waals surface area (Å²) in [6.07, 6.45) is -4.37. The Bertz CT molecular complexity index is 884. The standard InChI is InChI=1S/C19H15F3N2O/c20-19(21,22)14-8-10-15(11-9-14)23-12-18(25)24-17-7-3-5-13-4-1-2-6-16(13)17/h1-11,23H,12H2,(H,24,25). The summed E-state index contributed by atoms with van der Waals surface area (Å²) in [5.41, 5.74) is 0.414. The Morgan fingerprint density at radius 1 is 0.880 bits per heavy atom. The molecule has 0 saturated heterocycles. The van der Waals surface area contributed by atoms with E-state index < -0.39 is 11.7 Å². The molecule has 6 heteroatoms. The van der Waals surface area contributed by atoms with E-state index in [1.165, 1.54) is 12.1 Å². The number of hydrogen-bond donors (Lipinski definition) is 2. The molecule has 0 aromatic heterocycles. The molecule has 0 fully saturated rings. The fourth-order valence-corrected chi connectivity index (χ4v) is 2.49. The lowest BCUT2D eigenvalue weighted by atomic mass is 10.1. The van der Waals surface area contributed by atoms with Crippen molar-refractivity contribution in [2.24, 2.45) is 0 Å². The number of benzene rings is 3. The molecule has 3 aromatic rings. The first-order chi connectivity index (χ1) is 11.9. The van der Waals surface area contributed by atoms with Gasteiger partial charge in [0, 0.05) is 16.8 Å². The molecular weight excluding hydrogens is 329 g/mol. The van der Waals surface area contributed by atoms with E-state index in [9.17, 15) is 18.0 Å². The average Bonchev–Trinajstić information content (AvgIpc) is 2.60. The third-order valence-corrected chi connectivity index (χ3v) is 3.73. The Labute approximate surface area is 142 Å². The zero-order chi connectivity index (χ0) is 17.9. The summed E-state index contributed by atoms with van der Waals surface area (Å²) in [5, 5.41) is 7.56. The van der Waals surface area contributed by atoms with Crippen molar-refractivity contribution in [1.82, 2.24) is 0 Å². The van der Waals surface area contributed by atoms with Crippen molar-refractivity contribution in [2.75, 3.05) is 17.2 Å². The van der Waals surface area contributed by atoms with Gasteiger partial charge in [0.15, 0.2) is 0 Å². The molecule has 25 heavy (non-hydrogen) atoms. The van der Waals surface area contributed by atoms with Gasteiger partial charge >= 0.3 is 6.18 Å². The minimum absolute atomic E-state index is 0.0470. The van der Waals surface area contributed by atoms with E-state index in [-0.39, 0.29) is 12.5 Å². The first-order valence-corrected chi connectivity index (χ1v) is 7.62. The van der Waals surface area contributed by atoms with Crippen LogP contribution in [-0.4, -0.2) is 12.5 Å². The Morgan fingerprint density at radius 2 is 1.56 bits per heavy atom. The predicted octanol–water partition coefficient (Wildman–Crippen LogP) is 4.91. The maximum Gasteiger partial charge on any atom is 0.416 e. The van der Waals surface area contributed by atoms with Crippen LogP contribution in [0, 0.1) is 0 Å². The largest absolute Gasteiger partial charge is 0.416 e. The molecule has 0 radical (unpaired) electrons. The number of hydrogen-bond acceptors (Lipinski definition) is 2. The third-order valence-electron chi connectivity index (χ3n) is 3.73. The Hall–Kier alpha value is -3.02. The summed E-state index contributed by atoms with van der Waals surface area (Å²) >= 11 is 0. The van der Waals surface area contributed by atoms with Crippen molar-refractivity contribution in [2.45, 2.75) is 6.18 Å². The van der Waals surface area contributed by atoms with Crippen LogP contribution in [-0.2, 0) is 11.0 Å². The highest BCUT2D eigenvalue weighted by Gasteiger charge is 2.29. The monoisotopic (exact) mass is 344 g/mol. The van der Waals surface area contributed by atoms with Crippen LogP contribution in [0.3, 0.4) is 0 Å². The molecule has 0 saturated carbocycles. The number of halogens is 3. The van der Waals surface area contributed by atoms with Crippen LogP contribution in [0.2, 0.25) is 0 Å². The summed E-state index contributed by atoms with van der Waals surface area (Å²) in [5.74, 6) is -0.281. The summed E-state index contributed by atoms with van der Waals surface area (Å²) < 4.78 is 37.6. The van der Waals surface area contributed by atoms with Gasteiger partial charge in [0.25, 0.3) is 0 Å². The van der Waals surface area contributed by atoms with Crippen LogP contribution >= 0.6 is 0 Å². The number of carbonyl (C=O) groups excluding carboxylic acids is 1. The van der Waals surface area contributed by atoms with Gasteiger partial charge in [-0.15, -0.1) is 0 Å². The number of nitrogens with one attached hydrogen (secondary N) is 2. The fourth-order valence-electron chi connectivity index (χ4n) is 2.49. The normalized spacial score (nSPS) is 11.3. The summed E-state index contributed by atoms with van der Waals surface area (Å²) in [4.78, 5) is 12.1. The Balaban J connectivity index is 1.63. The van der Waals surface area contributed by atoms with E-state index in [1.807, 2.05) is 36.4 Å². The van der Waals surface area contributed by atoms with Gasteiger partial charge in [-0.2, -0.15) is 13.2 Å². The second-order valence-electron chi connectivity index (χ2n) is 5.50. The SMILES string of the molecule is O=C(CNc1ccc(C(F)(F)F)cc1)Nc1cccc2ccccc12. The minimum atomic E-state index is -4.37. The van der Waals surface area contributed by atoms with Gasteiger partial charge < -0.3 is 10.6 Å². The highest BCUT2D eigenvalue weighted by atomic mass is 19.4. The maximum absolute atomic E-state index is 12.5. The third kappa shape index (κ3) is 4.09. The molecule has 1 amide bonds. The van der Waals surface area contributed by atoms with Crippen LogP contribution in [0.4, 0.5) is 24.5 Å². The minimum Gasteiger partial charge on any atom is -0.376 e. The Morgan fingerprint density at radius 3 is 2.28 bits per heavy atom. The lowest BCUT2D eigenvalue weighted by Gasteiger charge is -2.11. The van der Waals surface area contributed by atoms with Crippen molar-refractivity contribution >= 4 is 28.1 Å². The van der Waals surface area contributed by atoms with E-state index in [0.717, 1.165) is 22.9 Å². The van der Waals surface area contributed by atoms with Gasteiger partial charge in [-0.25, -0.2) is 0 Å². The molecule has 0 unspecified atom stereocenters. The van der Waals surface area contributed by atoms with Crippen molar-refractivity contribution < 1.29 is 18.0 Å². The van der Waals surface area contributed by atoms with Gasteiger partial charge in [-0.1, -0.05) is 36.4 Å². The molecule has 2 N–H and O–H groups in total. The molecule has 0 heterocycles. The molecule has 3 rings (SSSR count). The quantitative estimate of drug-likeness (QED) is 0.706. The highest BCUT2D eigenvalue weighted by Crippen LogP contribution is 2.29. The molecule has 3 aromatic carbocycles. The van der Waals surface area contributed by atoms with Crippen LogP contribution in [0.15, 0.2) is 66.7 Å². The zero-order valence-electron chi connectivity index (χ0n) is 13.1. The molecule has 0 bridgehead atoms. The van der Waals surface area contributed by atoms with Crippen LogP contribution < -0.4 is 10.6 Å². The van der Waals surface area contributed by atoms with Crippen LogP contribution in [0.25, 0.3) is 10.8 Å². The lowest BCUT2D eigenvalue weighted by molar-refractivity contribution is -0.137. The first kappa shape index (κ1) is 16.8. The van der Waals surface area contributed by atoms with Gasteiger partial charge in [-0.3, -0.25) is 4.79 Å². The molecule has 0 aliphatic carbocycles. The van der Waals surface area contributed by atoms with Gasteiger partial charge in [-0.05, 0) is 35.7 Å². The number of rotatable bonds is 4. The number of alkyl halides is 3. The summed E-state index contributed by atoms with van der Waals surface area (Å²) in [6.45, 7) is -0.0470.